The molecule has 41 heavy (non-hydrogen) atoms. The van der Waals surface area contributed by atoms with Crippen LogP contribution in [0.2, 0.25) is 10.0 Å². The van der Waals surface area contributed by atoms with Gasteiger partial charge in [0.25, 0.3) is 5.56 Å². The van der Waals surface area contributed by atoms with Crippen molar-refractivity contribution >= 4 is 39.8 Å². The van der Waals surface area contributed by atoms with Gasteiger partial charge in [0.2, 0.25) is 0 Å². The van der Waals surface area contributed by atoms with Crippen LogP contribution in [0.3, 0.4) is 0 Å². The number of hydrogen-bond donors (Lipinski definition) is 0. The second kappa shape index (κ2) is 13.5. The van der Waals surface area contributed by atoms with E-state index in [0.29, 0.717) is 34.7 Å². The summed E-state index contributed by atoms with van der Waals surface area (Å²) in [6.07, 6.45) is 2.00. The van der Waals surface area contributed by atoms with Gasteiger partial charge in [0.05, 0.1) is 48.6 Å². The minimum atomic E-state index is -0.0674. The third kappa shape index (κ3) is 6.92. The molecule has 0 N–H and O–H groups in total. The average Bonchev–Trinajstić information content (AvgIpc) is 3.00. The van der Waals surface area contributed by atoms with Gasteiger partial charge in [0.1, 0.15) is 5.75 Å². The molecule has 0 unspecified atom stereocenters. The Labute approximate surface area is 250 Å². The molecule has 9 heteroatoms. The van der Waals surface area contributed by atoms with Crippen LogP contribution in [0.1, 0.15) is 18.4 Å². The maximum atomic E-state index is 12.9. The zero-order chi connectivity index (χ0) is 28.8. The SMILES string of the molecule is COc1ccc(Cn2c(=O)ccc3ccc(OCCCCN4CCN(c5cccc(Cl)c5Cl)CC4)cc32)cc1OC. The molecule has 5 rings (SSSR count). The Hall–Kier alpha value is -3.39. The van der Waals surface area contributed by atoms with Crippen molar-refractivity contribution in [3.63, 3.8) is 0 Å². The molecule has 1 aromatic heterocycles. The molecule has 1 saturated heterocycles. The van der Waals surface area contributed by atoms with E-state index in [9.17, 15) is 4.79 Å². The summed E-state index contributed by atoms with van der Waals surface area (Å²) in [6, 6.07) is 20.9. The quantitative estimate of drug-likeness (QED) is 0.188. The number of piperazine rings is 1. The molecule has 3 aromatic carbocycles. The molecule has 4 aromatic rings. The molecule has 0 amide bonds. The van der Waals surface area contributed by atoms with Crippen molar-refractivity contribution in [2.75, 3.05) is 58.5 Å². The summed E-state index contributed by atoms with van der Waals surface area (Å²) in [7, 11) is 3.21. The normalized spacial score (nSPS) is 13.9. The number of rotatable bonds is 11. The Bertz CT molecular complexity index is 1550. The highest BCUT2D eigenvalue weighted by atomic mass is 35.5. The zero-order valence-electron chi connectivity index (χ0n) is 23.4. The predicted octanol–water partition coefficient (Wildman–Crippen LogP) is 6.36. The van der Waals surface area contributed by atoms with Gasteiger partial charge in [-0.05, 0) is 72.8 Å². The molecular formula is C32H35Cl2N3O4. The van der Waals surface area contributed by atoms with Crippen LogP contribution < -0.4 is 24.7 Å². The van der Waals surface area contributed by atoms with Crippen molar-refractivity contribution < 1.29 is 14.2 Å². The van der Waals surface area contributed by atoms with E-state index < -0.39 is 0 Å². The van der Waals surface area contributed by atoms with Gasteiger partial charge < -0.3 is 23.7 Å². The molecule has 0 aliphatic carbocycles. The first-order valence-electron chi connectivity index (χ1n) is 13.9. The van der Waals surface area contributed by atoms with E-state index in [1.165, 1.54) is 0 Å². The highest BCUT2D eigenvalue weighted by Gasteiger charge is 2.19. The molecule has 1 aliphatic heterocycles. The summed E-state index contributed by atoms with van der Waals surface area (Å²) < 4.78 is 18.7. The first kappa shape index (κ1) is 29.1. The molecule has 1 fully saturated rings. The van der Waals surface area contributed by atoms with Crippen LogP contribution in [-0.2, 0) is 6.54 Å². The molecule has 0 spiro atoms. The van der Waals surface area contributed by atoms with Crippen molar-refractivity contribution in [1.29, 1.82) is 0 Å². The molecule has 0 atom stereocenters. The van der Waals surface area contributed by atoms with Crippen molar-refractivity contribution in [2.24, 2.45) is 0 Å². The number of aromatic nitrogens is 1. The summed E-state index contributed by atoms with van der Waals surface area (Å²) in [5.74, 6) is 2.05. The Morgan fingerprint density at radius 1 is 0.829 bits per heavy atom. The fourth-order valence-corrected chi connectivity index (χ4v) is 5.67. The fourth-order valence-electron chi connectivity index (χ4n) is 5.26. The third-order valence-electron chi connectivity index (χ3n) is 7.53. The van der Waals surface area contributed by atoms with Gasteiger partial charge in [-0.15, -0.1) is 0 Å². The third-order valence-corrected chi connectivity index (χ3v) is 8.34. The van der Waals surface area contributed by atoms with Crippen LogP contribution in [0.25, 0.3) is 10.9 Å². The second-order valence-corrected chi connectivity index (χ2v) is 10.9. The van der Waals surface area contributed by atoms with E-state index in [0.717, 1.165) is 73.5 Å². The average molecular weight is 597 g/mol. The Balaban J connectivity index is 1.14. The molecule has 216 valence electrons. The number of benzene rings is 3. The van der Waals surface area contributed by atoms with Crippen molar-refractivity contribution in [2.45, 2.75) is 19.4 Å². The summed E-state index contributed by atoms with van der Waals surface area (Å²) >= 11 is 12.6. The van der Waals surface area contributed by atoms with E-state index in [1.54, 1.807) is 24.9 Å². The monoisotopic (exact) mass is 595 g/mol. The van der Waals surface area contributed by atoms with Gasteiger partial charge in [-0.2, -0.15) is 0 Å². The number of ether oxygens (including phenoxy) is 3. The number of halogens is 2. The summed E-state index contributed by atoms with van der Waals surface area (Å²) in [5.41, 5.74) is 2.72. The van der Waals surface area contributed by atoms with Crippen molar-refractivity contribution in [3.8, 4) is 17.2 Å². The second-order valence-electron chi connectivity index (χ2n) is 10.1. The summed E-state index contributed by atoms with van der Waals surface area (Å²) in [6.45, 7) is 5.91. The van der Waals surface area contributed by atoms with Gasteiger partial charge in [0, 0.05) is 38.3 Å². The first-order chi connectivity index (χ1) is 20.0. The van der Waals surface area contributed by atoms with Crippen molar-refractivity contribution in [3.05, 3.63) is 92.7 Å². The lowest BCUT2D eigenvalue weighted by molar-refractivity contribution is 0.238. The largest absolute Gasteiger partial charge is 0.494 e. The topological polar surface area (TPSA) is 56.2 Å². The zero-order valence-corrected chi connectivity index (χ0v) is 25.0. The maximum Gasteiger partial charge on any atom is 0.251 e. The number of unbranched alkanes of at least 4 members (excludes halogenated alkanes) is 1. The summed E-state index contributed by atoms with van der Waals surface area (Å²) in [5, 5.41) is 2.21. The number of hydrogen-bond acceptors (Lipinski definition) is 6. The van der Waals surface area contributed by atoms with E-state index in [4.69, 9.17) is 37.4 Å². The standard InChI is InChI=1S/C32H35Cl2N3O4/c1-39-29-12-8-23(20-30(29)40-2)22-37-28-21-25(11-9-24(28)10-13-31(37)38)41-19-4-3-14-35-15-17-36(18-16-35)27-7-5-6-26(33)32(27)34/h5-13,20-21H,3-4,14-19,22H2,1-2H3. The smallest absolute Gasteiger partial charge is 0.251 e. The molecule has 7 nitrogen and oxygen atoms in total. The Kier molecular flexibility index (Phi) is 9.60. The number of fused-ring (bicyclic) bond motifs is 1. The van der Waals surface area contributed by atoms with Gasteiger partial charge in [-0.25, -0.2) is 0 Å². The van der Waals surface area contributed by atoms with Crippen LogP contribution >= 0.6 is 23.2 Å². The van der Waals surface area contributed by atoms with Crippen molar-refractivity contribution in [1.82, 2.24) is 9.47 Å². The lowest BCUT2D eigenvalue weighted by Crippen LogP contribution is -2.46. The van der Waals surface area contributed by atoms with Crippen LogP contribution in [0, 0.1) is 0 Å². The fraction of sp³-hybridized carbons (Fsp3) is 0.344. The number of methoxy groups -OCH3 is 2. The molecule has 0 bridgehead atoms. The molecule has 1 aliphatic rings. The van der Waals surface area contributed by atoms with Crippen LogP contribution in [0.5, 0.6) is 17.2 Å². The maximum absolute atomic E-state index is 12.9. The van der Waals surface area contributed by atoms with Crippen LogP contribution in [0.15, 0.2) is 71.5 Å². The van der Waals surface area contributed by atoms with Crippen LogP contribution in [-0.4, -0.2) is 63.0 Å². The molecule has 0 radical (unpaired) electrons. The predicted molar refractivity (Wildman–Crippen MR) is 167 cm³/mol. The molecule has 0 saturated carbocycles. The lowest BCUT2D eigenvalue weighted by Gasteiger charge is -2.36. The van der Waals surface area contributed by atoms with E-state index >= 15 is 0 Å². The lowest BCUT2D eigenvalue weighted by atomic mass is 10.1. The Morgan fingerprint density at radius 3 is 2.39 bits per heavy atom. The highest BCUT2D eigenvalue weighted by Crippen LogP contribution is 2.33. The molecule has 2 heterocycles. The van der Waals surface area contributed by atoms with Gasteiger partial charge in [0.15, 0.2) is 11.5 Å². The van der Waals surface area contributed by atoms with Gasteiger partial charge in [-0.3, -0.25) is 9.69 Å². The minimum absolute atomic E-state index is 0.0674. The van der Waals surface area contributed by atoms with E-state index in [-0.39, 0.29) is 5.56 Å². The Morgan fingerprint density at radius 2 is 1.61 bits per heavy atom. The van der Waals surface area contributed by atoms with E-state index in [1.807, 2.05) is 60.7 Å². The van der Waals surface area contributed by atoms with Gasteiger partial charge in [-0.1, -0.05) is 35.3 Å². The number of anilines is 1. The van der Waals surface area contributed by atoms with Gasteiger partial charge >= 0.3 is 0 Å². The minimum Gasteiger partial charge on any atom is -0.494 e. The highest BCUT2D eigenvalue weighted by molar-refractivity contribution is 6.43. The van der Waals surface area contributed by atoms with E-state index in [2.05, 4.69) is 9.80 Å². The first-order valence-corrected chi connectivity index (χ1v) is 14.6. The van der Waals surface area contributed by atoms with Crippen LogP contribution in [0.4, 0.5) is 5.69 Å². The molecular weight excluding hydrogens is 561 g/mol. The number of nitrogens with zero attached hydrogens (tertiary/aromatic N) is 3. The summed E-state index contributed by atoms with van der Waals surface area (Å²) in [4.78, 5) is 17.6. The number of pyridine rings is 1.